The van der Waals surface area contributed by atoms with Crippen molar-refractivity contribution in [3.63, 3.8) is 0 Å². The van der Waals surface area contributed by atoms with Crippen molar-refractivity contribution in [3.8, 4) is 0 Å². The van der Waals surface area contributed by atoms with Crippen molar-refractivity contribution < 1.29 is 0 Å². The number of halogens is 1. The molecule has 0 amide bonds. The second-order valence-corrected chi connectivity index (χ2v) is 6.61. The molecule has 0 saturated heterocycles. The van der Waals surface area contributed by atoms with Crippen LogP contribution in [0.1, 0.15) is 38.7 Å². The fourth-order valence-corrected chi connectivity index (χ4v) is 2.45. The highest BCUT2D eigenvalue weighted by Gasteiger charge is 2.16. The molecule has 0 fully saturated rings. The van der Waals surface area contributed by atoms with Crippen LogP contribution in [0, 0.1) is 5.41 Å². The van der Waals surface area contributed by atoms with Crippen LogP contribution in [0.2, 0.25) is 5.02 Å². The van der Waals surface area contributed by atoms with E-state index in [9.17, 15) is 0 Å². The summed E-state index contributed by atoms with van der Waals surface area (Å²) in [5.41, 5.74) is 7.32. The Morgan fingerprint density at radius 2 is 1.79 bits per heavy atom. The van der Waals surface area contributed by atoms with Gasteiger partial charge in [0.15, 0.2) is 0 Å². The van der Waals surface area contributed by atoms with Gasteiger partial charge in [-0.15, -0.1) is 0 Å². The minimum atomic E-state index is 0.371. The Morgan fingerprint density at radius 3 is 2.37 bits per heavy atom. The molecule has 3 heteroatoms. The summed E-state index contributed by atoms with van der Waals surface area (Å²) in [6, 6.07) is 8.10. The fourth-order valence-electron chi connectivity index (χ4n) is 2.32. The van der Waals surface area contributed by atoms with Crippen LogP contribution < -0.4 is 5.73 Å². The van der Waals surface area contributed by atoms with Gasteiger partial charge in [-0.1, -0.05) is 37.6 Å². The highest BCUT2D eigenvalue weighted by molar-refractivity contribution is 6.30. The van der Waals surface area contributed by atoms with Gasteiger partial charge >= 0.3 is 0 Å². The average Bonchev–Trinajstić information content (AvgIpc) is 2.31. The Morgan fingerprint density at radius 1 is 1.16 bits per heavy atom. The van der Waals surface area contributed by atoms with Crippen molar-refractivity contribution in [3.05, 3.63) is 34.9 Å². The zero-order chi connectivity index (χ0) is 14.3. The molecule has 0 saturated carbocycles. The lowest BCUT2D eigenvalue weighted by molar-refractivity contribution is 0.259. The molecule has 0 heterocycles. The molecule has 0 atom stereocenters. The normalized spacial score (nSPS) is 12.1. The van der Waals surface area contributed by atoms with Crippen molar-refractivity contribution in [2.45, 2.75) is 39.7 Å². The van der Waals surface area contributed by atoms with Gasteiger partial charge in [0.05, 0.1) is 0 Å². The summed E-state index contributed by atoms with van der Waals surface area (Å²) in [5, 5.41) is 0.801. The minimum Gasteiger partial charge on any atom is -0.330 e. The molecule has 0 radical (unpaired) electrons. The van der Waals surface area contributed by atoms with Gasteiger partial charge in [0.1, 0.15) is 0 Å². The molecule has 0 aromatic heterocycles. The molecule has 0 aliphatic carbocycles. The third kappa shape index (κ3) is 6.95. The van der Waals surface area contributed by atoms with Gasteiger partial charge in [-0.05, 0) is 62.5 Å². The summed E-state index contributed by atoms with van der Waals surface area (Å²) in [6.07, 6.45) is 3.56. The summed E-state index contributed by atoms with van der Waals surface area (Å²) in [4.78, 5) is 2.36. The first kappa shape index (κ1) is 16.5. The zero-order valence-corrected chi connectivity index (χ0v) is 13.2. The van der Waals surface area contributed by atoms with Crippen molar-refractivity contribution in [2.24, 2.45) is 11.1 Å². The highest BCUT2D eigenvalue weighted by Crippen LogP contribution is 2.25. The van der Waals surface area contributed by atoms with Gasteiger partial charge < -0.3 is 10.6 Å². The lowest BCUT2D eigenvalue weighted by atomic mass is 9.84. The summed E-state index contributed by atoms with van der Waals surface area (Å²) >= 11 is 5.89. The van der Waals surface area contributed by atoms with Crippen LogP contribution in [-0.2, 0) is 6.54 Å². The summed E-state index contributed by atoms with van der Waals surface area (Å²) in [5.74, 6) is 0. The molecule has 0 aliphatic heterocycles. The molecule has 108 valence electrons. The van der Waals surface area contributed by atoms with Crippen molar-refractivity contribution >= 4 is 11.6 Å². The number of nitrogens with two attached hydrogens (primary N) is 1. The third-order valence-electron chi connectivity index (χ3n) is 3.58. The number of benzene rings is 1. The Kier molecular flexibility index (Phi) is 6.84. The molecule has 1 aromatic carbocycles. The van der Waals surface area contributed by atoms with Gasteiger partial charge in [0.25, 0.3) is 0 Å². The zero-order valence-electron chi connectivity index (χ0n) is 12.5. The Labute approximate surface area is 122 Å². The second-order valence-electron chi connectivity index (χ2n) is 6.17. The predicted octanol–water partition coefficient (Wildman–Crippen LogP) is 3.93. The number of hydrogen-bond donors (Lipinski definition) is 1. The number of rotatable bonds is 8. The van der Waals surface area contributed by atoms with Gasteiger partial charge in [0, 0.05) is 11.6 Å². The SMILES string of the molecule is CN(CCCC(C)(C)CCN)Cc1ccc(Cl)cc1. The molecule has 0 spiro atoms. The van der Waals surface area contributed by atoms with Crippen LogP contribution >= 0.6 is 11.6 Å². The lowest BCUT2D eigenvalue weighted by Crippen LogP contribution is -2.22. The van der Waals surface area contributed by atoms with E-state index in [0.29, 0.717) is 5.41 Å². The monoisotopic (exact) mass is 282 g/mol. The van der Waals surface area contributed by atoms with Crippen LogP contribution in [0.4, 0.5) is 0 Å². The van der Waals surface area contributed by atoms with Gasteiger partial charge in [-0.2, -0.15) is 0 Å². The van der Waals surface area contributed by atoms with E-state index < -0.39 is 0 Å². The summed E-state index contributed by atoms with van der Waals surface area (Å²) in [7, 11) is 2.17. The highest BCUT2D eigenvalue weighted by atomic mass is 35.5. The molecule has 2 N–H and O–H groups in total. The van der Waals surface area contributed by atoms with E-state index in [-0.39, 0.29) is 0 Å². The van der Waals surface area contributed by atoms with Crippen molar-refractivity contribution in [1.82, 2.24) is 4.90 Å². The standard InChI is InChI=1S/C16H27ClN2/c1-16(2,10-11-18)9-4-12-19(3)13-14-5-7-15(17)8-6-14/h5-8H,4,9-13,18H2,1-3H3. The quantitative estimate of drug-likeness (QED) is 0.783. The third-order valence-corrected chi connectivity index (χ3v) is 3.83. The van der Waals surface area contributed by atoms with E-state index in [0.717, 1.165) is 31.1 Å². The van der Waals surface area contributed by atoms with Crippen molar-refractivity contribution in [2.75, 3.05) is 20.1 Å². The first-order chi connectivity index (χ1) is 8.93. The summed E-state index contributed by atoms with van der Waals surface area (Å²) in [6.45, 7) is 7.50. The van der Waals surface area contributed by atoms with Crippen LogP contribution in [0.15, 0.2) is 24.3 Å². The fraction of sp³-hybridized carbons (Fsp3) is 0.625. The molecule has 1 aromatic rings. The maximum atomic E-state index is 5.89. The smallest absolute Gasteiger partial charge is 0.0406 e. The molecular formula is C16H27ClN2. The largest absolute Gasteiger partial charge is 0.330 e. The minimum absolute atomic E-state index is 0.371. The Balaban J connectivity index is 2.28. The lowest BCUT2D eigenvalue weighted by Gasteiger charge is -2.25. The predicted molar refractivity (Wildman–Crippen MR) is 84.5 cm³/mol. The van der Waals surface area contributed by atoms with Gasteiger partial charge in [-0.3, -0.25) is 0 Å². The summed E-state index contributed by atoms with van der Waals surface area (Å²) < 4.78 is 0. The number of hydrogen-bond acceptors (Lipinski definition) is 2. The van der Waals surface area contributed by atoms with Gasteiger partial charge in [-0.25, -0.2) is 0 Å². The average molecular weight is 283 g/mol. The number of nitrogens with zero attached hydrogens (tertiary/aromatic N) is 1. The molecule has 2 nitrogen and oxygen atoms in total. The van der Waals surface area contributed by atoms with Crippen molar-refractivity contribution in [1.29, 1.82) is 0 Å². The first-order valence-electron chi connectivity index (χ1n) is 7.06. The maximum Gasteiger partial charge on any atom is 0.0406 e. The Hall–Kier alpha value is -0.570. The Bertz CT molecular complexity index is 360. The van der Waals surface area contributed by atoms with E-state index in [1.54, 1.807) is 0 Å². The molecular weight excluding hydrogens is 256 g/mol. The maximum absolute atomic E-state index is 5.89. The molecule has 19 heavy (non-hydrogen) atoms. The molecule has 1 rings (SSSR count). The van der Waals surface area contributed by atoms with E-state index in [1.807, 2.05) is 12.1 Å². The molecule has 0 aliphatic rings. The van der Waals surface area contributed by atoms with Crippen LogP contribution in [-0.4, -0.2) is 25.0 Å². The van der Waals surface area contributed by atoms with E-state index in [4.69, 9.17) is 17.3 Å². The first-order valence-corrected chi connectivity index (χ1v) is 7.44. The van der Waals surface area contributed by atoms with Gasteiger partial charge in [0.2, 0.25) is 0 Å². The van der Waals surface area contributed by atoms with E-state index >= 15 is 0 Å². The van der Waals surface area contributed by atoms with Crippen LogP contribution in [0.5, 0.6) is 0 Å². The van der Waals surface area contributed by atoms with E-state index in [2.05, 4.69) is 37.9 Å². The topological polar surface area (TPSA) is 29.3 Å². The van der Waals surface area contributed by atoms with Crippen LogP contribution in [0.3, 0.4) is 0 Å². The molecule has 0 bridgehead atoms. The van der Waals surface area contributed by atoms with E-state index in [1.165, 1.54) is 18.4 Å². The van der Waals surface area contributed by atoms with Crippen LogP contribution in [0.25, 0.3) is 0 Å². The molecule has 0 unspecified atom stereocenters. The second kappa shape index (κ2) is 7.88.